The molecule has 0 saturated carbocycles. The van der Waals surface area contributed by atoms with Gasteiger partial charge in [-0.2, -0.15) is 0 Å². The molecule has 0 atom stereocenters. The quantitative estimate of drug-likeness (QED) is 0.561. The molecule has 3 aromatic rings. The van der Waals surface area contributed by atoms with E-state index in [1.807, 2.05) is 50.5 Å². The van der Waals surface area contributed by atoms with Crippen LogP contribution in [0, 0.1) is 13.8 Å². The van der Waals surface area contributed by atoms with Crippen molar-refractivity contribution in [3.8, 4) is 0 Å². The maximum Gasteiger partial charge on any atom is 0.0544 e. The van der Waals surface area contributed by atoms with Gasteiger partial charge in [-0.25, -0.2) is 0 Å². The van der Waals surface area contributed by atoms with Gasteiger partial charge in [0, 0.05) is 44.3 Å². The SMILES string of the molecule is CC.CN.Cc1ccc(NCCN(Cc2ccccn2)Cc2ccccn2)cc1C. The minimum Gasteiger partial charge on any atom is -0.384 e. The van der Waals surface area contributed by atoms with Crippen molar-refractivity contribution in [2.45, 2.75) is 40.8 Å². The largest absolute Gasteiger partial charge is 0.384 e. The number of hydrogen-bond donors (Lipinski definition) is 2. The number of anilines is 1. The summed E-state index contributed by atoms with van der Waals surface area (Å²) in [7, 11) is 1.50. The number of benzene rings is 1. The van der Waals surface area contributed by atoms with E-state index in [9.17, 15) is 0 Å². The first-order valence-corrected chi connectivity index (χ1v) is 10.6. The first-order chi connectivity index (χ1) is 14.7. The van der Waals surface area contributed by atoms with E-state index in [0.29, 0.717) is 0 Å². The van der Waals surface area contributed by atoms with Gasteiger partial charge in [0.15, 0.2) is 0 Å². The summed E-state index contributed by atoms with van der Waals surface area (Å²) in [6.45, 7) is 11.7. The molecule has 3 N–H and O–H groups in total. The lowest BCUT2D eigenvalue weighted by atomic mass is 10.1. The van der Waals surface area contributed by atoms with E-state index in [1.54, 1.807) is 0 Å². The van der Waals surface area contributed by atoms with Crippen LogP contribution in [-0.4, -0.2) is 35.0 Å². The number of nitrogens with zero attached hydrogens (tertiary/aromatic N) is 3. The molecule has 162 valence electrons. The van der Waals surface area contributed by atoms with Crippen LogP contribution in [0.4, 0.5) is 5.69 Å². The van der Waals surface area contributed by atoms with Crippen LogP contribution in [0.2, 0.25) is 0 Å². The summed E-state index contributed by atoms with van der Waals surface area (Å²) in [5.41, 5.74) is 10.5. The second-order valence-electron chi connectivity index (χ2n) is 6.58. The van der Waals surface area contributed by atoms with Crippen LogP contribution in [0.5, 0.6) is 0 Å². The summed E-state index contributed by atoms with van der Waals surface area (Å²) in [5, 5.41) is 3.53. The van der Waals surface area contributed by atoms with Crippen LogP contribution in [0.25, 0.3) is 0 Å². The average molecular weight is 408 g/mol. The van der Waals surface area contributed by atoms with Crippen molar-refractivity contribution in [2.75, 3.05) is 25.5 Å². The van der Waals surface area contributed by atoms with Crippen LogP contribution in [0.15, 0.2) is 67.0 Å². The van der Waals surface area contributed by atoms with E-state index in [-0.39, 0.29) is 0 Å². The van der Waals surface area contributed by atoms with Gasteiger partial charge in [-0.05, 0) is 68.4 Å². The summed E-state index contributed by atoms with van der Waals surface area (Å²) in [6, 6.07) is 18.6. The van der Waals surface area contributed by atoms with E-state index < -0.39 is 0 Å². The molecule has 5 nitrogen and oxygen atoms in total. The summed E-state index contributed by atoms with van der Waals surface area (Å²) in [4.78, 5) is 11.3. The van der Waals surface area contributed by atoms with Gasteiger partial charge in [-0.1, -0.05) is 32.0 Å². The third-order valence-electron chi connectivity index (χ3n) is 4.49. The molecule has 3 rings (SSSR count). The topological polar surface area (TPSA) is 67.1 Å². The van der Waals surface area contributed by atoms with Crippen molar-refractivity contribution >= 4 is 5.69 Å². The molecular weight excluding hydrogens is 370 g/mol. The summed E-state index contributed by atoms with van der Waals surface area (Å²) in [5.74, 6) is 0. The first kappa shape index (κ1) is 25.3. The number of pyridine rings is 2. The maximum absolute atomic E-state index is 4.50. The van der Waals surface area contributed by atoms with E-state index in [0.717, 1.165) is 37.6 Å². The molecule has 0 bridgehead atoms. The van der Waals surface area contributed by atoms with E-state index >= 15 is 0 Å². The van der Waals surface area contributed by atoms with Crippen LogP contribution in [0.1, 0.15) is 36.4 Å². The highest BCUT2D eigenvalue weighted by molar-refractivity contribution is 5.48. The standard InChI is InChI=1S/C22H26N4.C2H6.CH5N/c1-18-9-10-20(15-19(18)2)25-13-14-26(16-21-7-3-5-11-23-21)17-22-8-4-6-12-24-22;2*1-2/h3-12,15,25H,13-14,16-17H2,1-2H3;1-2H3;2H2,1H3. The normalized spacial score (nSPS) is 9.83. The summed E-state index contributed by atoms with van der Waals surface area (Å²) < 4.78 is 0. The van der Waals surface area contributed by atoms with Crippen LogP contribution in [-0.2, 0) is 13.1 Å². The Morgan fingerprint density at radius 1 is 0.800 bits per heavy atom. The Bertz CT molecular complexity index is 765. The van der Waals surface area contributed by atoms with Crippen molar-refractivity contribution in [1.29, 1.82) is 0 Å². The molecule has 2 aromatic heterocycles. The molecule has 0 unspecified atom stereocenters. The smallest absolute Gasteiger partial charge is 0.0544 e. The van der Waals surface area contributed by atoms with Crippen molar-refractivity contribution in [2.24, 2.45) is 5.73 Å². The molecule has 0 radical (unpaired) electrons. The monoisotopic (exact) mass is 407 g/mol. The van der Waals surface area contributed by atoms with Crippen molar-refractivity contribution in [3.63, 3.8) is 0 Å². The van der Waals surface area contributed by atoms with Crippen LogP contribution >= 0.6 is 0 Å². The minimum atomic E-state index is 0.812. The number of aromatic nitrogens is 2. The lowest BCUT2D eigenvalue weighted by Gasteiger charge is -2.22. The van der Waals surface area contributed by atoms with Crippen LogP contribution < -0.4 is 11.1 Å². The Labute approximate surface area is 182 Å². The lowest BCUT2D eigenvalue weighted by molar-refractivity contribution is 0.261. The van der Waals surface area contributed by atoms with Gasteiger partial charge in [0.1, 0.15) is 0 Å². The van der Waals surface area contributed by atoms with E-state index in [2.05, 4.69) is 70.1 Å². The van der Waals surface area contributed by atoms with Gasteiger partial charge in [-0.3, -0.25) is 14.9 Å². The Balaban J connectivity index is 0.00000106. The Morgan fingerprint density at radius 3 is 1.83 bits per heavy atom. The molecule has 0 aliphatic carbocycles. The molecule has 2 heterocycles. The zero-order valence-corrected chi connectivity index (χ0v) is 19.1. The third kappa shape index (κ3) is 9.16. The molecule has 0 amide bonds. The Kier molecular flexibility index (Phi) is 12.7. The van der Waals surface area contributed by atoms with E-state index in [1.165, 1.54) is 23.9 Å². The van der Waals surface area contributed by atoms with Gasteiger partial charge in [-0.15, -0.1) is 0 Å². The fourth-order valence-corrected chi connectivity index (χ4v) is 2.87. The number of hydrogen-bond acceptors (Lipinski definition) is 5. The summed E-state index contributed by atoms with van der Waals surface area (Å²) >= 11 is 0. The average Bonchev–Trinajstić information content (AvgIpc) is 2.80. The molecule has 0 spiro atoms. The van der Waals surface area contributed by atoms with Crippen molar-refractivity contribution in [3.05, 3.63) is 89.5 Å². The molecule has 5 heteroatoms. The van der Waals surface area contributed by atoms with Gasteiger partial charge >= 0.3 is 0 Å². The zero-order chi connectivity index (χ0) is 22.2. The number of nitrogens with two attached hydrogens (primary N) is 1. The first-order valence-electron chi connectivity index (χ1n) is 10.6. The second kappa shape index (κ2) is 15.1. The van der Waals surface area contributed by atoms with Gasteiger partial charge in [0.25, 0.3) is 0 Å². The zero-order valence-electron chi connectivity index (χ0n) is 19.1. The Morgan fingerprint density at radius 2 is 1.37 bits per heavy atom. The molecular formula is C25H37N5. The number of aryl methyl sites for hydroxylation is 2. The van der Waals surface area contributed by atoms with Crippen molar-refractivity contribution in [1.82, 2.24) is 14.9 Å². The highest BCUT2D eigenvalue weighted by Gasteiger charge is 2.09. The van der Waals surface area contributed by atoms with Gasteiger partial charge < -0.3 is 11.1 Å². The fourth-order valence-electron chi connectivity index (χ4n) is 2.87. The number of rotatable bonds is 8. The van der Waals surface area contributed by atoms with Gasteiger partial charge in [0.05, 0.1) is 11.4 Å². The third-order valence-corrected chi connectivity index (χ3v) is 4.49. The van der Waals surface area contributed by atoms with Crippen LogP contribution in [0.3, 0.4) is 0 Å². The lowest BCUT2D eigenvalue weighted by Crippen LogP contribution is -2.29. The predicted molar refractivity (Wildman–Crippen MR) is 128 cm³/mol. The molecule has 0 aliphatic heterocycles. The molecule has 0 saturated heterocycles. The number of nitrogens with one attached hydrogen (secondary N) is 1. The fraction of sp³-hybridized carbons (Fsp3) is 0.360. The van der Waals surface area contributed by atoms with E-state index in [4.69, 9.17) is 0 Å². The van der Waals surface area contributed by atoms with Gasteiger partial charge in [0.2, 0.25) is 0 Å². The molecule has 1 aromatic carbocycles. The molecule has 30 heavy (non-hydrogen) atoms. The highest BCUT2D eigenvalue weighted by atomic mass is 15.1. The molecule has 0 aliphatic rings. The van der Waals surface area contributed by atoms with Crippen molar-refractivity contribution < 1.29 is 0 Å². The summed E-state index contributed by atoms with van der Waals surface area (Å²) in [6.07, 6.45) is 3.70. The maximum atomic E-state index is 4.50. The Hall–Kier alpha value is -2.76. The minimum absolute atomic E-state index is 0.812. The highest BCUT2D eigenvalue weighted by Crippen LogP contribution is 2.14. The second-order valence-corrected chi connectivity index (χ2v) is 6.58. The predicted octanol–water partition coefficient (Wildman–Crippen LogP) is 4.81. The molecule has 0 fully saturated rings.